The van der Waals surface area contributed by atoms with E-state index in [2.05, 4.69) is 4.98 Å². The summed E-state index contributed by atoms with van der Waals surface area (Å²) in [5, 5.41) is 8.84. The Morgan fingerprint density at radius 2 is 1.95 bits per heavy atom. The fourth-order valence-corrected chi connectivity index (χ4v) is 2.10. The number of halogens is 3. The Kier molecular flexibility index (Phi) is 3.93. The second-order valence-corrected chi connectivity index (χ2v) is 4.68. The molecule has 20 heavy (non-hydrogen) atoms. The molecule has 2 aromatic rings. The second-order valence-electron chi connectivity index (χ2n) is 3.74. The van der Waals surface area contributed by atoms with E-state index in [9.17, 15) is 18.0 Å². The molecule has 4 nitrogen and oxygen atoms in total. The third kappa shape index (κ3) is 3.27. The zero-order chi connectivity index (χ0) is 14.8. The number of carboxylic acid groups (broad SMARTS) is 1. The Labute approximate surface area is 115 Å². The summed E-state index contributed by atoms with van der Waals surface area (Å²) in [6.45, 7) is -0.0579. The number of thiazole rings is 1. The van der Waals surface area contributed by atoms with Gasteiger partial charge in [-0.25, -0.2) is 9.78 Å². The molecule has 0 aliphatic carbocycles. The van der Waals surface area contributed by atoms with Gasteiger partial charge in [-0.2, -0.15) is 13.2 Å². The molecule has 0 atom stereocenters. The van der Waals surface area contributed by atoms with Crippen molar-refractivity contribution in [2.75, 3.05) is 0 Å². The Morgan fingerprint density at radius 1 is 1.30 bits per heavy atom. The maximum Gasteiger partial charge on any atom is 0.416 e. The molecule has 0 saturated heterocycles. The van der Waals surface area contributed by atoms with Gasteiger partial charge in [0.25, 0.3) is 0 Å². The summed E-state index contributed by atoms with van der Waals surface area (Å²) in [7, 11) is 0. The van der Waals surface area contributed by atoms with Crippen molar-refractivity contribution in [3.8, 4) is 5.75 Å². The summed E-state index contributed by atoms with van der Waals surface area (Å²) < 4.78 is 42.3. The lowest BCUT2D eigenvalue weighted by molar-refractivity contribution is -0.137. The van der Waals surface area contributed by atoms with Crippen molar-refractivity contribution in [2.24, 2.45) is 0 Å². The fraction of sp³-hybridized carbons (Fsp3) is 0.167. The van der Waals surface area contributed by atoms with E-state index in [0.717, 1.165) is 23.5 Å². The first kappa shape index (κ1) is 14.3. The minimum Gasteiger partial charge on any atom is -0.488 e. The van der Waals surface area contributed by atoms with Gasteiger partial charge in [0.15, 0.2) is 5.69 Å². The van der Waals surface area contributed by atoms with Crippen LogP contribution in [0.1, 0.15) is 20.9 Å². The number of carboxylic acids is 1. The molecule has 1 aromatic carbocycles. The number of rotatable bonds is 4. The number of aromatic nitrogens is 1. The minimum atomic E-state index is -4.40. The van der Waals surface area contributed by atoms with E-state index in [1.165, 1.54) is 17.6 Å². The zero-order valence-corrected chi connectivity index (χ0v) is 10.7. The Bertz CT molecular complexity index is 607. The van der Waals surface area contributed by atoms with Gasteiger partial charge in [-0.3, -0.25) is 0 Å². The van der Waals surface area contributed by atoms with E-state index in [1.54, 1.807) is 0 Å². The molecule has 0 saturated carbocycles. The Hall–Kier alpha value is -2.09. The Balaban J connectivity index is 2.04. The predicted molar refractivity (Wildman–Crippen MR) is 64.8 cm³/mol. The molecule has 1 aromatic heterocycles. The van der Waals surface area contributed by atoms with Crippen molar-refractivity contribution in [1.29, 1.82) is 0 Å². The van der Waals surface area contributed by atoms with Crippen molar-refractivity contribution in [3.05, 3.63) is 45.9 Å². The van der Waals surface area contributed by atoms with Gasteiger partial charge < -0.3 is 9.84 Å². The van der Waals surface area contributed by atoms with Gasteiger partial charge in [0, 0.05) is 0 Å². The summed E-state index contributed by atoms with van der Waals surface area (Å²) >= 11 is 1.11. The predicted octanol–water partition coefficient (Wildman–Crippen LogP) is 3.44. The topological polar surface area (TPSA) is 59.4 Å². The normalized spacial score (nSPS) is 11.3. The minimum absolute atomic E-state index is 0.0579. The van der Waals surface area contributed by atoms with Crippen molar-refractivity contribution >= 4 is 17.3 Å². The SMILES string of the molecule is O=C(O)c1ncsc1COc1ccc(C(F)(F)F)cc1. The van der Waals surface area contributed by atoms with Crippen LogP contribution in [-0.4, -0.2) is 16.1 Å². The molecule has 8 heteroatoms. The first-order valence-electron chi connectivity index (χ1n) is 5.33. The fourth-order valence-electron chi connectivity index (χ4n) is 1.44. The van der Waals surface area contributed by atoms with Gasteiger partial charge in [0.2, 0.25) is 0 Å². The molecule has 1 heterocycles. The van der Waals surface area contributed by atoms with Crippen molar-refractivity contribution in [1.82, 2.24) is 4.98 Å². The average Bonchev–Trinajstić information content (AvgIpc) is 2.84. The highest BCUT2D eigenvalue weighted by molar-refractivity contribution is 7.09. The van der Waals surface area contributed by atoms with Crippen molar-refractivity contribution in [2.45, 2.75) is 12.8 Å². The summed E-state index contributed by atoms with van der Waals surface area (Å²) in [4.78, 5) is 14.9. The van der Waals surface area contributed by atoms with Gasteiger partial charge in [-0.05, 0) is 24.3 Å². The van der Waals surface area contributed by atoms with Gasteiger partial charge in [-0.1, -0.05) is 0 Å². The summed E-state index contributed by atoms with van der Waals surface area (Å²) in [5.41, 5.74) is 0.491. The molecule has 0 bridgehead atoms. The third-order valence-corrected chi connectivity index (χ3v) is 3.20. The van der Waals surface area contributed by atoms with Crippen LogP contribution in [-0.2, 0) is 12.8 Å². The smallest absolute Gasteiger partial charge is 0.416 e. The lowest BCUT2D eigenvalue weighted by atomic mass is 10.2. The number of hydrogen-bond acceptors (Lipinski definition) is 4. The summed E-state index contributed by atoms with van der Waals surface area (Å²) in [6, 6.07) is 4.18. The molecule has 0 radical (unpaired) electrons. The van der Waals surface area contributed by atoms with E-state index in [1.807, 2.05) is 0 Å². The van der Waals surface area contributed by atoms with Crippen LogP contribution in [0.15, 0.2) is 29.8 Å². The van der Waals surface area contributed by atoms with Crippen LogP contribution >= 0.6 is 11.3 Å². The molecule has 2 rings (SSSR count). The Morgan fingerprint density at radius 3 is 2.50 bits per heavy atom. The molecule has 0 amide bonds. The third-order valence-electron chi connectivity index (χ3n) is 2.40. The maximum atomic E-state index is 12.4. The van der Waals surface area contributed by atoms with Gasteiger partial charge in [-0.15, -0.1) is 11.3 Å². The quantitative estimate of drug-likeness (QED) is 0.940. The molecule has 0 unspecified atom stereocenters. The van der Waals surface area contributed by atoms with E-state index < -0.39 is 17.7 Å². The van der Waals surface area contributed by atoms with Gasteiger partial charge in [0.1, 0.15) is 12.4 Å². The highest BCUT2D eigenvalue weighted by Crippen LogP contribution is 2.30. The van der Waals surface area contributed by atoms with E-state index in [-0.39, 0.29) is 18.1 Å². The molecule has 0 fully saturated rings. The number of aromatic carboxylic acids is 1. The number of hydrogen-bond donors (Lipinski definition) is 1. The van der Waals surface area contributed by atoms with Crippen LogP contribution in [0.25, 0.3) is 0 Å². The first-order chi connectivity index (χ1) is 9.38. The largest absolute Gasteiger partial charge is 0.488 e. The van der Waals surface area contributed by atoms with Crippen LogP contribution in [0, 0.1) is 0 Å². The monoisotopic (exact) mass is 303 g/mol. The van der Waals surface area contributed by atoms with E-state index in [0.29, 0.717) is 4.88 Å². The lowest BCUT2D eigenvalue weighted by Crippen LogP contribution is -2.05. The van der Waals surface area contributed by atoms with Gasteiger partial charge >= 0.3 is 12.1 Å². The molecular formula is C12H8F3NO3S. The van der Waals surface area contributed by atoms with Gasteiger partial charge in [0.05, 0.1) is 16.0 Å². The maximum absolute atomic E-state index is 12.4. The summed E-state index contributed by atoms with van der Waals surface area (Å²) in [5.74, 6) is -0.944. The van der Waals surface area contributed by atoms with Crippen LogP contribution in [0.3, 0.4) is 0 Å². The van der Waals surface area contributed by atoms with Crippen molar-refractivity contribution in [3.63, 3.8) is 0 Å². The average molecular weight is 303 g/mol. The lowest BCUT2D eigenvalue weighted by Gasteiger charge is -2.08. The molecule has 0 spiro atoms. The molecule has 106 valence electrons. The van der Waals surface area contributed by atoms with Crippen molar-refractivity contribution < 1.29 is 27.8 Å². The number of carbonyl (C=O) groups is 1. The first-order valence-corrected chi connectivity index (χ1v) is 6.21. The highest BCUT2D eigenvalue weighted by Gasteiger charge is 2.30. The second kappa shape index (κ2) is 5.49. The number of ether oxygens (including phenoxy) is 1. The van der Waals surface area contributed by atoms with Crippen LogP contribution in [0.5, 0.6) is 5.75 Å². The molecule has 0 aliphatic heterocycles. The number of nitrogens with zero attached hydrogens (tertiary/aromatic N) is 1. The molecule has 0 aliphatic rings. The number of benzene rings is 1. The van der Waals surface area contributed by atoms with Crippen LogP contribution < -0.4 is 4.74 Å². The van der Waals surface area contributed by atoms with E-state index >= 15 is 0 Å². The molecule has 1 N–H and O–H groups in total. The molecular weight excluding hydrogens is 295 g/mol. The van der Waals surface area contributed by atoms with Crippen LogP contribution in [0.2, 0.25) is 0 Å². The van der Waals surface area contributed by atoms with Crippen LogP contribution in [0.4, 0.5) is 13.2 Å². The number of alkyl halides is 3. The summed E-state index contributed by atoms with van der Waals surface area (Å²) in [6.07, 6.45) is -4.40. The highest BCUT2D eigenvalue weighted by atomic mass is 32.1. The van der Waals surface area contributed by atoms with E-state index in [4.69, 9.17) is 9.84 Å². The zero-order valence-electron chi connectivity index (χ0n) is 9.85. The standard InChI is InChI=1S/C12H8F3NO3S/c13-12(14,15)7-1-3-8(4-2-7)19-5-9-10(11(17)18)16-6-20-9/h1-4,6H,5H2,(H,17,18).